The van der Waals surface area contributed by atoms with E-state index in [4.69, 9.17) is 5.53 Å². The number of rotatable bonds is 6. The summed E-state index contributed by atoms with van der Waals surface area (Å²) < 4.78 is 80.1. The summed E-state index contributed by atoms with van der Waals surface area (Å²) in [6.07, 6.45) is 0. The average Bonchev–Trinajstić information content (AvgIpc) is 2.28. The van der Waals surface area contributed by atoms with Gasteiger partial charge < -0.3 is 10.3 Å². The minimum absolute atomic E-state index is 0.487. The van der Waals surface area contributed by atoms with Crippen LogP contribution in [0.4, 0.5) is 26.3 Å². The molecule has 20 heavy (non-hydrogen) atoms. The van der Waals surface area contributed by atoms with Crippen LogP contribution in [-0.4, -0.2) is 46.1 Å². The number of carbonyl (C=O) groups excluding carboxylic acids is 2. The molecule has 0 aromatic carbocycles. The van der Waals surface area contributed by atoms with Gasteiger partial charge in [-0.15, -0.1) is 0 Å². The van der Waals surface area contributed by atoms with E-state index in [1.165, 1.54) is 0 Å². The predicted octanol–water partition coefficient (Wildman–Crippen LogP) is 1.89. The smallest absolute Gasteiger partial charge is 0.448 e. The first-order valence-corrected chi connectivity index (χ1v) is 4.98. The Bertz CT molecular complexity index is 469. The van der Waals surface area contributed by atoms with Crippen molar-refractivity contribution in [3.05, 3.63) is 5.53 Å². The number of ketones is 1. The summed E-state index contributed by atoms with van der Waals surface area (Å²) in [5.41, 5.74) is 6.02. The molecule has 0 aromatic heterocycles. The molecule has 114 valence electrons. The Morgan fingerprint density at radius 1 is 1.20 bits per heavy atom. The maximum Gasteiger partial charge on any atom is 0.448 e. The summed E-state index contributed by atoms with van der Waals surface area (Å²) >= 11 is 3.81. The largest absolute Gasteiger partial charge is 0.457 e. The Labute approximate surface area is 112 Å². The number of halogens is 7. The molecule has 0 amide bonds. The highest BCUT2D eigenvalue weighted by atomic mass is 35.5. The van der Waals surface area contributed by atoms with Crippen LogP contribution in [0, 0.1) is 0 Å². The van der Waals surface area contributed by atoms with Crippen LogP contribution in [0.1, 0.15) is 6.92 Å². The number of nitrogens with zero attached hydrogens (tertiary/aromatic N) is 2. The van der Waals surface area contributed by atoms with E-state index >= 15 is 0 Å². The number of hydrogen-bond acceptors (Lipinski definition) is 3. The highest BCUT2D eigenvalue weighted by Crippen LogP contribution is 2.48. The fourth-order valence-electron chi connectivity index (χ4n) is 0.848. The van der Waals surface area contributed by atoms with Crippen molar-refractivity contribution in [1.29, 1.82) is 0 Å². The maximum absolute atomic E-state index is 13.1. The van der Waals surface area contributed by atoms with Crippen LogP contribution in [0.2, 0.25) is 0 Å². The van der Waals surface area contributed by atoms with E-state index in [1.54, 1.807) is 4.79 Å². The quantitative estimate of drug-likeness (QED) is 0.142. The van der Waals surface area contributed by atoms with Gasteiger partial charge in [0, 0.05) is 0 Å². The van der Waals surface area contributed by atoms with Crippen molar-refractivity contribution < 1.29 is 45.5 Å². The zero-order valence-electron chi connectivity index (χ0n) is 9.47. The Balaban J connectivity index is 5.69. The van der Waals surface area contributed by atoms with Crippen molar-refractivity contribution in [2.45, 2.75) is 24.2 Å². The molecule has 0 unspecified atom stereocenters. The third kappa shape index (κ3) is 3.10. The molecule has 0 saturated carbocycles. The molecule has 0 heterocycles. The number of alkyl halides is 7. The van der Waals surface area contributed by atoms with E-state index in [0.29, 0.717) is 0 Å². The van der Waals surface area contributed by atoms with Crippen LogP contribution >= 0.6 is 11.6 Å². The van der Waals surface area contributed by atoms with Gasteiger partial charge in [-0.2, -0.15) is 31.1 Å². The lowest BCUT2D eigenvalue weighted by atomic mass is 10.0. The van der Waals surface area contributed by atoms with Crippen molar-refractivity contribution in [3.63, 3.8) is 0 Å². The van der Waals surface area contributed by atoms with Crippen LogP contribution in [-0.2, 0) is 14.3 Å². The molecule has 0 spiro atoms. The summed E-state index contributed by atoms with van der Waals surface area (Å²) in [7, 11) is 0. The lowest BCUT2D eigenvalue weighted by Gasteiger charge is -2.26. The van der Waals surface area contributed by atoms with Crippen LogP contribution in [0.25, 0.3) is 5.53 Å². The van der Waals surface area contributed by atoms with Gasteiger partial charge in [-0.05, 0) is 18.5 Å². The third-order valence-electron chi connectivity index (χ3n) is 1.82. The summed E-state index contributed by atoms with van der Waals surface area (Å²) in [4.78, 5) is 23.7. The highest BCUT2D eigenvalue weighted by Gasteiger charge is 2.76. The number of hydrogen-bond donors (Lipinski definition) is 0. The van der Waals surface area contributed by atoms with Crippen molar-refractivity contribution in [2.75, 3.05) is 6.61 Å². The van der Waals surface area contributed by atoms with E-state index in [1.807, 2.05) is 0 Å². The van der Waals surface area contributed by atoms with Crippen LogP contribution in [0.3, 0.4) is 0 Å². The van der Waals surface area contributed by atoms with Gasteiger partial charge in [-0.3, -0.25) is 4.79 Å². The first-order chi connectivity index (χ1) is 8.84. The Kier molecular flexibility index (Phi) is 5.33. The van der Waals surface area contributed by atoms with Gasteiger partial charge in [0.2, 0.25) is 0 Å². The molecule has 0 atom stereocenters. The van der Waals surface area contributed by atoms with Crippen LogP contribution in [0.5, 0.6) is 0 Å². The third-order valence-corrected chi connectivity index (χ3v) is 2.06. The van der Waals surface area contributed by atoms with E-state index < -0.39 is 41.3 Å². The molecule has 12 heteroatoms. The highest BCUT2D eigenvalue weighted by molar-refractivity contribution is 6.63. The van der Waals surface area contributed by atoms with E-state index in [2.05, 4.69) is 16.3 Å². The Morgan fingerprint density at radius 3 is 1.95 bits per heavy atom. The molecule has 0 aromatic rings. The van der Waals surface area contributed by atoms with Gasteiger partial charge in [0.15, 0.2) is 0 Å². The maximum atomic E-state index is 13.1. The van der Waals surface area contributed by atoms with Gasteiger partial charge in [0.05, 0.1) is 6.61 Å². The zero-order valence-corrected chi connectivity index (χ0v) is 10.2. The average molecular weight is 327 g/mol. The summed E-state index contributed by atoms with van der Waals surface area (Å²) in [5, 5.41) is -5.79. The Hall–Kier alpha value is -1.61. The topological polar surface area (TPSA) is 79.8 Å². The second kappa shape index (κ2) is 5.80. The second-order valence-corrected chi connectivity index (χ2v) is 3.62. The summed E-state index contributed by atoms with van der Waals surface area (Å²) in [5.74, 6) is -17.6. The van der Waals surface area contributed by atoms with Crippen LogP contribution < -0.4 is 0 Å². The van der Waals surface area contributed by atoms with Crippen molar-refractivity contribution in [2.24, 2.45) is 0 Å². The number of Topliss-reactive ketones (excluding diaryl/α,β-unsaturated/α-hetero) is 1. The van der Waals surface area contributed by atoms with E-state index in [-0.39, 0.29) is 0 Å². The van der Waals surface area contributed by atoms with Gasteiger partial charge in [0.1, 0.15) is 0 Å². The van der Waals surface area contributed by atoms with Gasteiger partial charge >= 0.3 is 34.7 Å². The molecule has 0 N–H and O–H groups in total. The Morgan fingerprint density at radius 2 is 1.65 bits per heavy atom. The first-order valence-electron chi connectivity index (χ1n) is 4.60. The molecule has 0 radical (unpaired) electrons. The van der Waals surface area contributed by atoms with E-state index in [0.717, 1.165) is 6.92 Å². The molecule has 0 fully saturated rings. The van der Waals surface area contributed by atoms with Crippen molar-refractivity contribution in [1.82, 2.24) is 0 Å². The summed E-state index contributed by atoms with van der Waals surface area (Å²) in [6.45, 7) is 0.662. The molecular formula is C8H5ClF6N2O3. The summed E-state index contributed by atoms with van der Waals surface area (Å²) in [6, 6.07) is 0. The van der Waals surface area contributed by atoms with E-state index in [9.17, 15) is 35.9 Å². The molecule has 0 saturated heterocycles. The number of carbonyl (C=O) groups is 2. The lowest BCUT2D eigenvalue weighted by Crippen LogP contribution is -2.58. The monoisotopic (exact) mass is 326 g/mol. The molecule has 0 bridgehead atoms. The molecule has 0 rings (SSSR count). The molecule has 0 aliphatic rings. The first kappa shape index (κ1) is 18.4. The van der Waals surface area contributed by atoms with Crippen molar-refractivity contribution in [3.8, 4) is 0 Å². The molecule has 0 aliphatic carbocycles. The van der Waals surface area contributed by atoms with Crippen LogP contribution in [0.15, 0.2) is 0 Å². The minimum atomic E-state index is -6.33. The standard InChI is InChI=1S/C8H5ClF6N2O3/c1-2-20-5(19)3(17-16)4(18)6(10,11)7(12,13)8(9,14)15/h2H2,1H3. The van der Waals surface area contributed by atoms with Crippen molar-refractivity contribution >= 4 is 29.1 Å². The lowest BCUT2D eigenvalue weighted by molar-refractivity contribution is -0.266. The SMILES string of the molecule is CCOC(=O)C(=[N+]=[N-])C(=O)C(F)(F)C(F)(F)C(F)(F)Cl. The van der Waals surface area contributed by atoms with Gasteiger partial charge in [-0.1, -0.05) is 0 Å². The predicted molar refractivity (Wildman–Crippen MR) is 51.0 cm³/mol. The van der Waals surface area contributed by atoms with Gasteiger partial charge in [-0.25, -0.2) is 4.79 Å². The zero-order chi connectivity index (χ0) is 16.4. The number of esters is 1. The second-order valence-electron chi connectivity index (χ2n) is 3.14. The molecular weight excluding hydrogens is 322 g/mol. The number of ether oxygens (including phenoxy) is 1. The normalized spacial score (nSPS) is 12.6. The minimum Gasteiger partial charge on any atom is -0.457 e. The molecule has 0 aliphatic heterocycles. The van der Waals surface area contributed by atoms with Gasteiger partial charge in [0.25, 0.3) is 0 Å². The fraction of sp³-hybridized carbons (Fsp3) is 0.625. The fourth-order valence-corrected chi connectivity index (χ4v) is 0.966. The molecule has 5 nitrogen and oxygen atoms in total.